The SMILES string of the molecule is CCNC(=O)C(C)Nc1cccc(NC(C)=O)c1. The number of likely N-dealkylation sites (N-methyl/N-ethyl adjacent to an activating group) is 1. The topological polar surface area (TPSA) is 70.2 Å². The molecule has 1 rings (SSSR count). The van der Waals surface area contributed by atoms with Gasteiger partial charge in [-0.3, -0.25) is 9.59 Å². The van der Waals surface area contributed by atoms with E-state index in [2.05, 4.69) is 16.0 Å². The molecular formula is C13H19N3O2. The van der Waals surface area contributed by atoms with Crippen molar-refractivity contribution in [1.82, 2.24) is 5.32 Å². The Morgan fingerprint density at radius 1 is 1.28 bits per heavy atom. The van der Waals surface area contributed by atoms with E-state index in [1.54, 1.807) is 19.1 Å². The van der Waals surface area contributed by atoms with Crippen LogP contribution in [0.2, 0.25) is 0 Å². The number of rotatable bonds is 5. The lowest BCUT2D eigenvalue weighted by molar-refractivity contribution is -0.121. The van der Waals surface area contributed by atoms with Gasteiger partial charge in [0.2, 0.25) is 11.8 Å². The van der Waals surface area contributed by atoms with Gasteiger partial charge in [-0.2, -0.15) is 0 Å². The molecule has 0 radical (unpaired) electrons. The molecule has 1 unspecified atom stereocenters. The number of hydrogen-bond acceptors (Lipinski definition) is 3. The maximum Gasteiger partial charge on any atom is 0.242 e. The van der Waals surface area contributed by atoms with E-state index in [1.807, 2.05) is 19.1 Å². The second kappa shape index (κ2) is 6.64. The average Bonchev–Trinajstić information content (AvgIpc) is 2.28. The normalized spacial score (nSPS) is 11.5. The molecule has 3 N–H and O–H groups in total. The number of carbonyl (C=O) groups is 2. The summed E-state index contributed by atoms with van der Waals surface area (Å²) in [6.45, 7) is 5.73. The van der Waals surface area contributed by atoms with Gasteiger partial charge in [-0.1, -0.05) is 6.07 Å². The first-order valence-electron chi connectivity index (χ1n) is 5.94. The van der Waals surface area contributed by atoms with Crippen LogP contribution in [-0.4, -0.2) is 24.4 Å². The molecular weight excluding hydrogens is 230 g/mol. The number of hydrogen-bond donors (Lipinski definition) is 3. The average molecular weight is 249 g/mol. The Balaban J connectivity index is 2.66. The van der Waals surface area contributed by atoms with Gasteiger partial charge in [0.25, 0.3) is 0 Å². The van der Waals surface area contributed by atoms with E-state index in [1.165, 1.54) is 6.92 Å². The molecule has 0 aromatic heterocycles. The largest absolute Gasteiger partial charge is 0.374 e. The summed E-state index contributed by atoms with van der Waals surface area (Å²) in [6.07, 6.45) is 0. The highest BCUT2D eigenvalue weighted by Gasteiger charge is 2.11. The standard InChI is InChI=1S/C13H19N3O2/c1-4-14-13(18)9(2)15-11-6-5-7-12(8-11)16-10(3)17/h5-9,15H,4H2,1-3H3,(H,14,18)(H,16,17). The zero-order valence-corrected chi connectivity index (χ0v) is 10.9. The van der Waals surface area contributed by atoms with E-state index in [-0.39, 0.29) is 17.9 Å². The van der Waals surface area contributed by atoms with E-state index in [0.717, 1.165) is 5.69 Å². The van der Waals surface area contributed by atoms with Crippen LogP contribution in [0.15, 0.2) is 24.3 Å². The van der Waals surface area contributed by atoms with Crippen LogP contribution < -0.4 is 16.0 Å². The summed E-state index contributed by atoms with van der Waals surface area (Å²) in [5, 5.41) is 8.51. The fraction of sp³-hybridized carbons (Fsp3) is 0.385. The predicted molar refractivity (Wildman–Crippen MR) is 72.5 cm³/mol. The monoisotopic (exact) mass is 249 g/mol. The summed E-state index contributed by atoms with van der Waals surface area (Å²) in [4.78, 5) is 22.5. The van der Waals surface area contributed by atoms with E-state index >= 15 is 0 Å². The van der Waals surface area contributed by atoms with Crippen molar-refractivity contribution >= 4 is 23.2 Å². The summed E-state index contributed by atoms with van der Waals surface area (Å²) in [5.74, 6) is -0.175. The van der Waals surface area contributed by atoms with E-state index in [4.69, 9.17) is 0 Å². The molecule has 18 heavy (non-hydrogen) atoms. The summed E-state index contributed by atoms with van der Waals surface area (Å²) < 4.78 is 0. The van der Waals surface area contributed by atoms with Crippen molar-refractivity contribution in [2.24, 2.45) is 0 Å². The predicted octanol–water partition coefficient (Wildman–Crippen LogP) is 1.58. The number of benzene rings is 1. The zero-order valence-electron chi connectivity index (χ0n) is 10.9. The van der Waals surface area contributed by atoms with Crippen LogP contribution in [-0.2, 0) is 9.59 Å². The van der Waals surface area contributed by atoms with Crippen molar-refractivity contribution in [3.63, 3.8) is 0 Å². The maximum atomic E-state index is 11.6. The molecule has 0 aliphatic rings. The molecule has 5 heteroatoms. The summed E-state index contributed by atoms with van der Waals surface area (Å²) in [5.41, 5.74) is 1.50. The minimum atomic E-state index is -0.322. The molecule has 0 fully saturated rings. The lowest BCUT2D eigenvalue weighted by Gasteiger charge is -2.15. The van der Waals surface area contributed by atoms with Crippen LogP contribution in [0, 0.1) is 0 Å². The van der Waals surface area contributed by atoms with Gasteiger partial charge >= 0.3 is 0 Å². The van der Waals surface area contributed by atoms with Crippen molar-refractivity contribution in [2.75, 3.05) is 17.2 Å². The Bertz CT molecular complexity index is 432. The van der Waals surface area contributed by atoms with E-state index in [9.17, 15) is 9.59 Å². The molecule has 0 spiro atoms. The minimum absolute atomic E-state index is 0.0533. The van der Waals surface area contributed by atoms with Crippen LogP contribution in [0.3, 0.4) is 0 Å². The Hall–Kier alpha value is -2.04. The Morgan fingerprint density at radius 3 is 2.56 bits per heavy atom. The molecule has 98 valence electrons. The van der Waals surface area contributed by atoms with Gasteiger partial charge in [0.05, 0.1) is 0 Å². The van der Waals surface area contributed by atoms with Gasteiger partial charge in [0.1, 0.15) is 6.04 Å². The van der Waals surface area contributed by atoms with Crippen molar-refractivity contribution < 1.29 is 9.59 Å². The van der Waals surface area contributed by atoms with Crippen LogP contribution in [0.4, 0.5) is 11.4 Å². The number of nitrogens with one attached hydrogen (secondary N) is 3. The van der Waals surface area contributed by atoms with Gasteiger partial charge in [-0.15, -0.1) is 0 Å². The molecule has 0 bridgehead atoms. The first-order chi connectivity index (χ1) is 8.52. The van der Waals surface area contributed by atoms with Gasteiger partial charge in [-0.05, 0) is 32.0 Å². The van der Waals surface area contributed by atoms with E-state index in [0.29, 0.717) is 12.2 Å². The molecule has 5 nitrogen and oxygen atoms in total. The van der Waals surface area contributed by atoms with Gasteiger partial charge in [0.15, 0.2) is 0 Å². The highest BCUT2D eigenvalue weighted by molar-refractivity contribution is 5.89. The number of amides is 2. The van der Waals surface area contributed by atoms with Gasteiger partial charge in [0, 0.05) is 24.8 Å². The van der Waals surface area contributed by atoms with Crippen LogP contribution >= 0.6 is 0 Å². The summed E-state index contributed by atoms with van der Waals surface area (Å²) in [6, 6.07) is 6.93. The van der Waals surface area contributed by atoms with Crippen LogP contribution in [0.25, 0.3) is 0 Å². The van der Waals surface area contributed by atoms with Crippen LogP contribution in [0.1, 0.15) is 20.8 Å². The number of carbonyl (C=O) groups excluding carboxylic acids is 2. The third kappa shape index (κ3) is 4.45. The second-order valence-corrected chi connectivity index (χ2v) is 4.02. The molecule has 2 amide bonds. The maximum absolute atomic E-state index is 11.6. The molecule has 0 saturated carbocycles. The fourth-order valence-electron chi connectivity index (χ4n) is 1.53. The summed E-state index contributed by atoms with van der Waals surface area (Å²) >= 11 is 0. The van der Waals surface area contributed by atoms with Crippen molar-refractivity contribution in [2.45, 2.75) is 26.8 Å². The molecule has 0 aliphatic heterocycles. The quantitative estimate of drug-likeness (QED) is 0.742. The molecule has 1 atom stereocenters. The minimum Gasteiger partial charge on any atom is -0.374 e. The molecule has 1 aromatic rings. The van der Waals surface area contributed by atoms with Gasteiger partial charge in [-0.25, -0.2) is 0 Å². The number of anilines is 2. The Morgan fingerprint density at radius 2 is 1.94 bits per heavy atom. The smallest absolute Gasteiger partial charge is 0.242 e. The molecule has 0 saturated heterocycles. The Kier molecular flexibility index (Phi) is 5.17. The zero-order chi connectivity index (χ0) is 13.5. The third-order valence-corrected chi connectivity index (χ3v) is 2.31. The highest BCUT2D eigenvalue weighted by atomic mass is 16.2. The van der Waals surface area contributed by atoms with E-state index < -0.39 is 0 Å². The first kappa shape index (κ1) is 14.0. The lowest BCUT2D eigenvalue weighted by atomic mass is 10.2. The molecule has 0 heterocycles. The second-order valence-electron chi connectivity index (χ2n) is 4.02. The van der Waals surface area contributed by atoms with Crippen molar-refractivity contribution in [3.8, 4) is 0 Å². The van der Waals surface area contributed by atoms with Crippen LogP contribution in [0.5, 0.6) is 0 Å². The summed E-state index contributed by atoms with van der Waals surface area (Å²) in [7, 11) is 0. The first-order valence-corrected chi connectivity index (χ1v) is 5.94. The molecule has 1 aromatic carbocycles. The highest BCUT2D eigenvalue weighted by Crippen LogP contribution is 2.15. The lowest BCUT2D eigenvalue weighted by Crippen LogP contribution is -2.37. The van der Waals surface area contributed by atoms with Crippen molar-refractivity contribution in [3.05, 3.63) is 24.3 Å². The van der Waals surface area contributed by atoms with Gasteiger partial charge < -0.3 is 16.0 Å². The third-order valence-electron chi connectivity index (χ3n) is 2.31. The van der Waals surface area contributed by atoms with Crippen molar-refractivity contribution in [1.29, 1.82) is 0 Å². The fourth-order valence-corrected chi connectivity index (χ4v) is 1.53. The molecule has 0 aliphatic carbocycles. The Labute approximate surface area is 107 Å².